The second-order valence-electron chi connectivity index (χ2n) is 6.52. The van der Waals surface area contributed by atoms with Crippen molar-refractivity contribution < 1.29 is 13.2 Å². The molecular weight excluding hydrogens is 338 g/mol. The van der Waals surface area contributed by atoms with Crippen molar-refractivity contribution in [2.45, 2.75) is 39.7 Å². The summed E-state index contributed by atoms with van der Waals surface area (Å²) in [6.07, 6.45) is 0.962. The Kier molecular flexibility index (Phi) is 6.84. The molecule has 0 aliphatic carbocycles. The third-order valence-corrected chi connectivity index (χ3v) is 6.40. The predicted molar refractivity (Wildman–Crippen MR) is 103 cm³/mol. The lowest BCUT2D eigenvalue weighted by molar-refractivity contribution is -0.116. The van der Waals surface area contributed by atoms with Crippen LogP contribution in [0.2, 0.25) is 0 Å². The van der Waals surface area contributed by atoms with Crippen LogP contribution in [0, 0.1) is 6.92 Å². The molecule has 1 heterocycles. The number of anilines is 2. The van der Waals surface area contributed by atoms with Crippen LogP contribution >= 0.6 is 0 Å². The number of nitrogens with one attached hydrogen (secondary N) is 2. The van der Waals surface area contributed by atoms with Gasteiger partial charge in [-0.2, -0.15) is 0 Å². The van der Waals surface area contributed by atoms with Crippen molar-refractivity contribution in [3.05, 3.63) is 23.8 Å². The second kappa shape index (κ2) is 8.67. The van der Waals surface area contributed by atoms with Crippen molar-refractivity contribution in [2.75, 3.05) is 41.4 Å². The summed E-state index contributed by atoms with van der Waals surface area (Å²) in [4.78, 5) is 14.4. The van der Waals surface area contributed by atoms with Gasteiger partial charge >= 0.3 is 0 Å². The molecule has 0 aromatic heterocycles. The summed E-state index contributed by atoms with van der Waals surface area (Å²) < 4.78 is 22.8. The van der Waals surface area contributed by atoms with E-state index in [0.717, 1.165) is 30.0 Å². The maximum Gasteiger partial charge on any atom is 0.225 e. The zero-order valence-electron chi connectivity index (χ0n) is 15.3. The largest absolute Gasteiger partial charge is 0.372 e. The van der Waals surface area contributed by atoms with E-state index in [-0.39, 0.29) is 23.5 Å². The molecule has 2 rings (SSSR count). The molecule has 1 atom stereocenters. The molecule has 0 bridgehead atoms. The fourth-order valence-corrected chi connectivity index (χ4v) is 4.84. The van der Waals surface area contributed by atoms with Crippen LogP contribution in [0.25, 0.3) is 0 Å². The Balaban J connectivity index is 1.82. The molecule has 1 unspecified atom stereocenters. The first kappa shape index (κ1) is 19.7. The molecule has 1 aromatic rings. The first-order valence-electron chi connectivity index (χ1n) is 8.94. The van der Waals surface area contributed by atoms with E-state index in [4.69, 9.17) is 0 Å². The van der Waals surface area contributed by atoms with E-state index >= 15 is 0 Å². The molecule has 25 heavy (non-hydrogen) atoms. The van der Waals surface area contributed by atoms with Crippen molar-refractivity contribution in [3.63, 3.8) is 0 Å². The third-order valence-electron chi connectivity index (χ3n) is 4.63. The van der Waals surface area contributed by atoms with E-state index in [0.29, 0.717) is 19.4 Å². The SMILES string of the molecule is CCN(CC)c1ccc(NC(=O)CCNC2CCS(=O)(=O)C2)c(C)c1. The van der Waals surface area contributed by atoms with Crippen molar-refractivity contribution in [1.82, 2.24) is 5.32 Å². The van der Waals surface area contributed by atoms with Crippen molar-refractivity contribution in [3.8, 4) is 0 Å². The van der Waals surface area contributed by atoms with Gasteiger partial charge in [0, 0.05) is 43.5 Å². The van der Waals surface area contributed by atoms with Gasteiger partial charge in [0.1, 0.15) is 0 Å². The summed E-state index contributed by atoms with van der Waals surface area (Å²) in [6.45, 7) is 8.62. The van der Waals surface area contributed by atoms with Gasteiger partial charge in [0.05, 0.1) is 11.5 Å². The first-order valence-corrected chi connectivity index (χ1v) is 10.8. The van der Waals surface area contributed by atoms with Gasteiger partial charge in [0.25, 0.3) is 0 Å². The van der Waals surface area contributed by atoms with E-state index in [2.05, 4.69) is 35.4 Å². The molecule has 6 nitrogen and oxygen atoms in total. The van der Waals surface area contributed by atoms with E-state index in [1.54, 1.807) is 0 Å². The van der Waals surface area contributed by atoms with Crippen molar-refractivity contribution >= 4 is 27.1 Å². The van der Waals surface area contributed by atoms with Crippen LogP contribution < -0.4 is 15.5 Å². The Hall–Kier alpha value is -1.60. The van der Waals surface area contributed by atoms with Gasteiger partial charge in [-0.05, 0) is 51.0 Å². The lowest BCUT2D eigenvalue weighted by atomic mass is 10.1. The Morgan fingerprint density at radius 3 is 2.56 bits per heavy atom. The molecule has 1 fully saturated rings. The van der Waals surface area contributed by atoms with Gasteiger partial charge < -0.3 is 15.5 Å². The summed E-state index contributed by atoms with van der Waals surface area (Å²) in [5.74, 6) is 0.363. The Morgan fingerprint density at radius 1 is 1.28 bits per heavy atom. The van der Waals surface area contributed by atoms with Gasteiger partial charge in [0.2, 0.25) is 5.91 Å². The van der Waals surface area contributed by atoms with E-state index in [1.165, 1.54) is 0 Å². The minimum absolute atomic E-state index is 0.0205. The highest BCUT2D eigenvalue weighted by Gasteiger charge is 2.27. The smallest absolute Gasteiger partial charge is 0.225 e. The Bertz CT molecular complexity index is 700. The molecule has 1 saturated heterocycles. The van der Waals surface area contributed by atoms with Crippen molar-refractivity contribution in [2.24, 2.45) is 0 Å². The number of amides is 1. The van der Waals surface area contributed by atoms with E-state index in [9.17, 15) is 13.2 Å². The summed E-state index contributed by atoms with van der Waals surface area (Å²) in [7, 11) is -2.88. The normalized spacial score (nSPS) is 18.9. The van der Waals surface area contributed by atoms with Crippen LogP contribution in [0.1, 0.15) is 32.3 Å². The molecule has 0 spiro atoms. The molecule has 140 valence electrons. The fourth-order valence-electron chi connectivity index (χ4n) is 3.13. The lowest BCUT2D eigenvalue weighted by Gasteiger charge is -2.22. The van der Waals surface area contributed by atoms with Crippen LogP contribution in [0.5, 0.6) is 0 Å². The summed E-state index contributed by atoms with van der Waals surface area (Å²) >= 11 is 0. The minimum Gasteiger partial charge on any atom is -0.372 e. The van der Waals surface area contributed by atoms with Gasteiger partial charge in [-0.15, -0.1) is 0 Å². The average molecular weight is 368 g/mol. The standard InChI is InChI=1S/C18H29N3O3S/c1-4-21(5-2)16-6-7-17(14(3)12-16)20-18(22)8-10-19-15-9-11-25(23,24)13-15/h6-7,12,15,19H,4-5,8-11,13H2,1-3H3,(H,20,22). The average Bonchev–Trinajstić information content (AvgIpc) is 2.90. The molecular formula is C18H29N3O3S. The molecule has 0 radical (unpaired) electrons. The number of hydrogen-bond acceptors (Lipinski definition) is 5. The molecule has 1 aliphatic heterocycles. The van der Waals surface area contributed by atoms with Crippen LogP contribution in [0.4, 0.5) is 11.4 Å². The third kappa shape index (κ3) is 5.71. The maximum atomic E-state index is 12.1. The maximum absolute atomic E-state index is 12.1. The summed E-state index contributed by atoms with van der Waals surface area (Å²) in [5, 5.41) is 6.10. The molecule has 1 amide bonds. The number of benzene rings is 1. The van der Waals surface area contributed by atoms with E-state index in [1.807, 2.05) is 19.1 Å². The molecule has 0 saturated carbocycles. The highest BCUT2D eigenvalue weighted by molar-refractivity contribution is 7.91. The second-order valence-corrected chi connectivity index (χ2v) is 8.75. The zero-order valence-corrected chi connectivity index (χ0v) is 16.2. The van der Waals surface area contributed by atoms with Crippen LogP contribution in [-0.4, -0.2) is 51.5 Å². The quantitative estimate of drug-likeness (QED) is 0.734. The van der Waals surface area contributed by atoms with Gasteiger partial charge in [-0.25, -0.2) is 8.42 Å². The zero-order chi connectivity index (χ0) is 18.4. The number of rotatable bonds is 8. The van der Waals surface area contributed by atoms with Crippen LogP contribution in [0.3, 0.4) is 0 Å². The minimum atomic E-state index is -2.88. The Morgan fingerprint density at radius 2 is 2.00 bits per heavy atom. The first-order chi connectivity index (χ1) is 11.8. The number of aryl methyl sites for hydroxylation is 1. The lowest BCUT2D eigenvalue weighted by Crippen LogP contribution is -2.32. The van der Waals surface area contributed by atoms with Gasteiger partial charge in [-0.1, -0.05) is 0 Å². The van der Waals surface area contributed by atoms with Crippen LogP contribution in [-0.2, 0) is 14.6 Å². The number of nitrogens with zero attached hydrogens (tertiary/aromatic N) is 1. The number of hydrogen-bond donors (Lipinski definition) is 2. The molecule has 1 aliphatic rings. The molecule has 2 N–H and O–H groups in total. The molecule has 1 aromatic carbocycles. The van der Waals surface area contributed by atoms with Crippen molar-refractivity contribution in [1.29, 1.82) is 0 Å². The highest BCUT2D eigenvalue weighted by Crippen LogP contribution is 2.22. The fraction of sp³-hybridized carbons (Fsp3) is 0.611. The van der Waals surface area contributed by atoms with Gasteiger partial charge in [-0.3, -0.25) is 4.79 Å². The summed E-state index contributed by atoms with van der Waals surface area (Å²) in [6, 6.07) is 6.03. The summed E-state index contributed by atoms with van der Waals surface area (Å²) in [5.41, 5.74) is 3.02. The highest BCUT2D eigenvalue weighted by atomic mass is 32.2. The number of carbonyl (C=O) groups is 1. The predicted octanol–water partition coefficient (Wildman–Crippen LogP) is 1.95. The van der Waals surface area contributed by atoms with E-state index < -0.39 is 9.84 Å². The molecule has 7 heteroatoms. The Labute approximate surface area is 150 Å². The van der Waals surface area contributed by atoms with Gasteiger partial charge in [0.15, 0.2) is 9.84 Å². The topological polar surface area (TPSA) is 78.5 Å². The van der Waals surface area contributed by atoms with Crippen LogP contribution in [0.15, 0.2) is 18.2 Å². The monoisotopic (exact) mass is 367 g/mol. The number of carbonyl (C=O) groups excluding carboxylic acids is 1. The number of sulfone groups is 1.